The molecular weight excluding hydrogens is 426 g/mol. The first-order valence-electron chi connectivity index (χ1n) is 11.8. The van der Waals surface area contributed by atoms with Crippen molar-refractivity contribution in [1.82, 2.24) is 0 Å². The van der Waals surface area contributed by atoms with Gasteiger partial charge < -0.3 is 15.2 Å². The molecule has 3 aliphatic carbocycles. The Morgan fingerprint density at radius 1 is 1.09 bits per heavy atom. The van der Waals surface area contributed by atoms with E-state index in [2.05, 4.69) is 12.2 Å². The standard InChI is InChI=1S/C25H33NO5S/c1-5-13-7-8-14-17(11-13)32-23(21(14)25(30)31-6-2)26-22(27)19-15-9-10-16(18(15)12(3)4)20(19)24(28)29/h13,15-16,19-20H,5-11H2,1-4H3,(H,26,27)(H,28,29)/t13-,15+,16+,19+,20+/m1/s1. The first-order chi connectivity index (χ1) is 15.3. The lowest BCUT2D eigenvalue weighted by Gasteiger charge is -2.26. The number of anilines is 1. The summed E-state index contributed by atoms with van der Waals surface area (Å²) in [5, 5.41) is 13.5. The zero-order chi connectivity index (χ0) is 23.2. The lowest BCUT2D eigenvalue weighted by Crippen LogP contribution is -2.38. The fourth-order valence-corrected chi connectivity index (χ4v) is 7.66. The van der Waals surface area contributed by atoms with Gasteiger partial charge in [-0.1, -0.05) is 24.5 Å². The number of aliphatic carboxylic acids is 1. The van der Waals surface area contributed by atoms with E-state index in [4.69, 9.17) is 4.74 Å². The number of rotatable bonds is 6. The molecule has 1 amide bonds. The number of allylic oxidation sites excluding steroid dienone is 2. The van der Waals surface area contributed by atoms with E-state index in [1.54, 1.807) is 6.92 Å². The molecule has 2 bridgehead atoms. The summed E-state index contributed by atoms with van der Waals surface area (Å²) < 4.78 is 5.33. The van der Waals surface area contributed by atoms with Crippen LogP contribution in [0.1, 0.15) is 74.2 Å². The highest BCUT2D eigenvalue weighted by atomic mass is 32.1. The fraction of sp³-hybridized carbons (Fsp3) is 0.640. The molecule has 32 heavy (non-hydrogen) atoms. The topological polar surface area (TPSA) is 92.7 Å². The van der Waals surface area contributed by atoms with E-state index in [9.17, 15) is 19.5 Å². The predicted molar refractivity (Wildman–Crippen MR) is 124 cm³/mol. The van der Waals surface area contributed by atoms with Crippen molar-refractivity contribution in [1.29, 1.82) is 0 Å². The van der Waals surface area contributed by atoms with Crippen molar-refractivity contribution in [3.63, 3.8) is 0 Å². The molecule has 1 heterocycles. The number of thiophene rings is 1. The number of amides is 1. The number of carboxylic acids is 1. The van der Waals surface area contributed by atoms with Gasteiger partial charge >= 0.3 is 11.9 Å². The second-order valence-corrected chi connectivity index (χ2v) is 10.7. The van der Waals surface area contributed by atoms with Gasteiger partial charge in [0.05, 0.1) is 24.0 Å². The molecule has 6 nitrogen and oxygen atoms in total. The quantitative estimate of drug-likeness (QED) is 0.458. The Hall–Kier alpha value is -2.15. The first-order valence-corrected chi connectivity index (χ1v) is 12.6. The summed E-state index contributed by atoms with van der Waals surface area (Å²) in [5.41, 5.74) is 3.76. The summed E-state index contributed by atoms with van der Waals surface area (Å²) in [4.78, 5) is 39.6. The van der Waals surface area contributed by atoms with Crippen LogP contribution in [-0.2, 0) is 27.2 Å². The van der Waals surface area contributed by atoms with Crippen molar-refractivity contribution >= 4 is 34.2 Å². The Labute approximate surface area is 193 Å². The van der Waals surface area contributed by atoms with E-state index in [0.717, 1.165) is 60.1 Å². The molecule has 0 aromatic carbocycles. The average molecular weight is 460 g/mol. The normalized spacial score (nSPS) is 28.4. The molecule has 7 heteroatoms. The van der Waals surface area contributed by atoms with Crippen LogP contribution in [0, 0.1) is 29.6 Å². The molecule has 1 aromatic heterocycles. The smallest absolute Gasteiger partial charge is 0.341 e. The zero-order valence-corrected chi connectivity index (χ0v) is 20.1. The van der Waals surface area contributed by atoms with Gasteiger partial charge in [-0.3, -0.25) is 9.59 Å². The summed E-state index contributed by atoms with van der Waals surface area (Å²) >= 11 is 1.47. The van der Waals surface area contributed by atoms with Crippen LogP contribution >= 0.6 is 11.3 Å². The van der Waals surface area contributed by atoms with E-state index in [0.29, 0.717) is 16.5 Å². The molecule has 0 saturated heterocycles. The minimum atomic E-state index is -0.905. The van der Waals surface area contributed by atoms with Crippen LogP contribution in [0.4, 0.5) is 5.00 Å². The Balaban J connectivity index is 1.67. The van der Waals surface area contributed by atoms with Crippen molar-refractivity contribution in [3.8, 4) is 0 Å². The molecule has 3 aliphatic rings. The van der Waals surface area contributed by atoms with Crippen molar-refractivity contribution in [2.75, 3.05) is 11.9 Å². The second kappa shape index (κ2) is 9.00. The lowest BCUT2D eigenvalue weighted by molar-refractivity contribution is -0.148. The summed E-state index contributed by atoms with van der Waals surface area (Å²) in [6.07, 6.45) is 5.50. The SMILES string of the molecule is CCOC(=O)c1c(NC(=O)[C@@H]2[C@@H](C(=O)O)[C@H]3CC[C@H]2C3=C(C)C)sc2c1CC[C@@H](CC)C2. The van der Waals surface area contributed by atoms with Gasteiger partial charge in [0, 0.05) is 4.88 Å². The maximum absolute atomic E-state index is 13.5. The second-order valence-electron chi connectivity index (χ2n) is 9.57. The minimum absolute atomic E-state index is 0.0313. The molecule has 1 aromatic rings. The number of fused-ring (bicyclic) bond motifs is 3. The number of esters is 1. The number of carbonyl (C=O) groups is 3. The summed E-state index contributed by atoms with van der Waals surface area (Å²) in [5.74, 6) is -2.40. The summed E-state index contributed by atoms with van der Waals surface area (Å²) in [7, 11) is 0. The molecule has 174 valence electrons. The van der Waals surface area contributed by atoms with Crippen LogP contribution in [0.15, 0.2) is 11.1 Å². The van der Waals surface area contributed by atoms with Crippen LogP contribution in [0.25, 0.3) is 0 Å². The molecular formula is C25H33NO5S. The highest BCUT2D eigenvalue weighted by Gasteiger charge is 2.57. The number of carbonyl (C=O) groups excluding carboxylic acids is 2. The monoisotopic (exact) mass is 459 g/mol. The van der Waals surface area contributed by atoms with E-state index >= 15 is 0 Å². The van der Waals surface area contributed by atoms with Gasteiger partial charge in [0.15, 0.2) is 0 Å². The van der Waals surface area contributed by atoms with Crippen molar-refractivity contribution in [2.24, 2.45) is 29.6 Å². The molecule has 5 atom stereocenters. The number of hydrogen-bond donors (Lipinski definition) is 2. The first kappa shape index (κ1) is 23.0. The van der Waals surface area contributed by atoms with E-state index in [1.807, 2.05) is 13.8 Å². The number of hydrogen-bond acceptors (Lipinski definition) is 5. The van der Waals surface area contributed by atoms with Crippen LogP contribution in [-0.4, -0.2) is 29.6 Å². The molecule has 2 N–H and O–H groups in total. The van der Waals surface area contributed by atoms with E-state index < -0.39 is 23.8 Å². The van der Waals surface area contributed by atoms with Crippen molar-refractivity contribution < 1.29 is 24.2 Å². The highest BCUT2D eigenvalue weighted by molar-refractivity contribution is 7.17. The van der Waals surface area contributed by atoms with Gasteiger partial charge in [-0.05, 0) is 76.2 Å². The van der Waals surface area contributed by atoms with Crippen LogP contribution in [0.5, 0.6) is 0 Å². The number of ether oxygens (including phenoxy) is 1. The Kier molecular flexibility index (Phi) is 6.48. The third-order valence-corrected chi connectivity index (χ3v) is 8.84. The lowest BCUT2D eigenvalue weighted by atomic mass is 9.78. The largest absolute Gasteiger partial charge is 0.481 e. The number of nitrogens with one attached hydrogen (secondary N) is 1. The maximum atomic E-state index is 13.5. The molecule has 0 unspecified atom stereocenters. The fourth-order valence-electron chi connectivity index (χ4n) is 6.31. The molecule has 2 saturated carbocycles. The minimum Gasteiger partial charge on any atom is -0.481 e. The highest BCUT2D eigenvalue weighted by Crippen LogP contribution is 2.57. The van der Waals surface area contributed by atoms with Gasteiger partial charge in [0.2, 0.25) is 5.91 Å². The summed E-state index contributed by atoms with van der Waals surface area (Å²) in [6.45, 7) is 8.24. The third kappa shape index (κ3) is 3.78. The summed E-state index contributed by atoms with van der Waals surface area (Å²) in [6, 6.07) is 0. The molecule has 0 aliphatic heterocycles. The van der Waals surface area contributed by atoms with Gasteiger partial charge in [-0.15, -0.1) is 11.3 Å². The van der Waals surface area contributed by atoms with E-state index in [-0.39, 0.29) is 24.3 Å². The predicted octanol–water partition coefficient (Wildman–Crippen LogP) is 5.07. The molecule has 2 fully saturated rings. The van der Waals surface area contributed by atoms with Crippen molar-refractivity contribution in [2.45, 2.75) is 66.2 Å². The van der Waals surface area contributed by atoms with Crippen LogP contribution in [0.2, 0.25) is 0 Å². The molecule has 0 spiro atoms. The number of carboxylic acid groups (broad SMARTS) is 1. The van der Waals surface area contributed by atoms with Crippen LogP contribution < -0.4 is 5.32 Å². The van der Waals surface area contributed by atoms with Crippen LogP contribution in [0.3, 0.4) is 0 Å². The van der Waals surface area contributed by atoms with Gasteiger partial charge in [0.1, 0.15) is 5.00 Å². The van der Waals surface area contributed by atoms with Gasteiger partial charge in [-0.2, -0.15) is 0 Å². The molecule has 4 rings (SSSR count). The maximum Gasteiger partial charge on any atom is 0.341 e. The van der Waals surface area contributed by atoms with Gasteiger partial charge in [0.25, 0.3) is 0 Å². The van der Waals surface area contributed by atoms with E-state index in [1.165, 1.54) is 11.3 Å². The van der Waals surface area contributed by atoms with Gasteiger partial charge in [-0.25, -0.2) is 4.79 Å². The zero-order valence-electron chi connectivity index (χ0n) is 19.3. The van der Waals surface area contributed by atoms with Crippen molar-refractivity contribution in [3.05, 3.63) is 27.2 Å². The molecule has 0 radical (unpaired) electrons. The Morgan fingerprint density at radius 3 is 2.38 bits per heavy atom. The Morgan fingerprint density at radius 2 is 1.78 bits per heavy atom. The third-order valence-electron chi connectivity index (χ3n) is 7.67. The Bertz CT molecular complexity index is 973. The average Bonchev–Trinajstić information content (AvgIpc) is 3.42.